The van der Waals surface area contributed by atoms with E-state index in [0.717, 1.165) is 16.4 Å². The minimum atomic E-state index is -0.110. The molecule has 0 spiro atoms. The number of halogens is 1. The maximum Gasteiger partial charge on any atom is 0.317 e. The third-order valence-electron chi connectivity index (χ3n) is 4.37. The van der Waals surface area contributed by atoms with Crippen LogP contribution in [0.3, 0.4) is 0 Å². The first-order valence-corrected chi connectivity index (χ1v) is 8.00. The van der Waals surface area contributed by atoms with Crippen LogP contribution in [-0.4, -0.2) is 33.6 Å². The Balaban J connectivity index is 1.95. The number of carbonyl (C=O) groups is 1. The highest BCUT2D eigenvalue weighted by Crippen LogP contribution is 2.23. The Morgan fingerprint density at radius 2 is 2.00 bits per heavy atom. The number of benzene rings is 1. The summed E-state index contributed by atoms with van der Waals surface area (Å²) in [4.78, 5) is 18.3. The molecule has 0 saturated carbocycles. The largest absolute Gasteiger partial charge is 0.337 e. The summed E-state index contributed by atoms with van der Waals surface area (Å²) >= 11 is 5.93. The van der Waals surface area contributed by atoms with Crippen LogP contribution in [0.4, 0.5) is 4.79 Å². The molecule has 1 heterocycles. The van der Waals surface area contributed by atoms with Gasteiger partial charge in [0.05, 0.1) is 6.54 Å². The average Bonchev–Trinajstić information content (AvgIpc) is 2.96. The first kappa shape index (κ1) is 17.3. The van der Waals surface area contributed by atoms with Gasteiger partial charge >= 0.3 is 6.03 Å². The molecule has 0 fully saturated rings. The van der Waals surface area contributed by atoms with Crippen LogP contribution in [0.25, 0.3) is 0 Å². The second-order valence-electron chi connectivity index (χ2n) is 5.80. The van der Waals surface area contributed by atoms with E-state index in [1.54, 1.807) is 11.1 Å². The maximum atomic E-state index is 12.3. The Bertz CT molecular complexity index is 653. The molecule has 2 rings (SSSR count). The van der Waals surface area contributed by atoms with Gasteiger partial charge in [0.1, 0.15) is 5.82 Å². The predicted molar refractivity (Wildman–Crippen MR) is 92.5 cm³/mol. The number of aryl methyl sites for hydroxylation is 1. The SMILES string of the molecule is C[C@H](c1ccc(Cl)cc1)[C@H](C)N(C)C(=O)NCc1nccn1C. The molecule has 0 radical (unpaired) electrons. The Kier molecular flexibility index (Phi) is 5.66. The van der Waals surface area contributed by atoms with Gasteiger partial charge in [-0.3, -0.25) is 0 Å². The van der Waals surface area contributed by atoms with E-state index in [2.05, 4.69) is 17.2 Å². The van der Waals surface area contributed by atoms with E-state index in [-0.39, 0.29) is 18.0 Å². The van der Waals surface area contributed by atoms with Crippen molar-refractivity contribution in [2.45, 2.75) is 32.4 Å². The fraction of sp³-hybridized carbons (Fsp3) is 0.412. The van der Waals surface area contributed by atoms with Gasteiger partial charge in [0.15, 0.2) is 0 Å². The molecule has 23 heavy (non-hydrogen) atoms. The highest BCUT2D eigenvalue weighted by molar-refractivity contribution is 6.30. The van der Waals surface area contributed by atoms with E-state index in [9.17, 15) is 4.79 Å². The summed E-state index contributed by atoms with van der Waals surface area (Å²) in [5.41, 5.74) is 1.16. The van der Waals surface area contributed by atoms with Crippen LogP contribution in [0, 0.1) is 0 Å². The van der Waals surface area contributed by atoms with Crippen molar-refractivity contribution in [1.82, 2.24) is 19.8 Å². The van der Waals surface area contributed by atoms with Crippen molar-refractivity contribution in [1.29, 1.82) is 0 Å². The van der Waals surface area contributed by atoms with Crippen molar-refractivity contribution >= 4 is 17.6 Å². The quantitative estimate of drug-likeness (QED) is 0.911. The van der Waals surface area contributed by atoms with E-state index in [1.807, 2.05) is 56.0 Å². The number of amides is 2. The molecule has 1 aromatic heterocycles. The second kappa shape index (κ2) is 7.51. The summed E-state index contributed by atoms with van der Waals surface area (Å²) in [7, 11) is 3.72. The number of carbonyl (C=O) groups excluding carboxylic acids is 1. The third kappa shape index (κ3) is 4.26. The number of nitrogens with one attached hydrogen (secondary N) is 1. The molecule has 6 heteroatoms. The summed E-state index contributed by atoms with van der Waals surface area (Å²) in [5, 5.41) is 3.62. The zero-order valence-electron chi connectivity index (χ0n) is 14.0. The van der Waals surface area contributed by atoms with Crippen LogP contribution >= 0.6 is 11.6 Å². The third-order valence-corrected chi connectivity index (χ3v) is 4.62. The molecule has 0 aliphatic carbocycles. The Hall–Kier alpha value is -2.01. The number of imidazole rings is 1. The highest BCUT2D eigenvalue weighted by atomic mass is 35.5. The summed E-state index contributed by atoms with van der Waals surface area (Å²) in [6.45, 7) is 4.56. The molecule has 0 saturated heterocycles. The number of nitrogens with zero attached hydrogens (tertiary/aromatic N) is 3. The standard InChI is InChI=1S/C17H23ClN4O/c1-12(14-5-7-15(18)8-6-14)13(2)22(4)17(23)20-11-16-19-9-10-21(16)3/h5-10,12-13H,11H2,1-4H3,(H,20,23)/t12-,13-/m0/s1. The molecule has 0 unspecified atom stereocenters. The molecular weight excluding hydrogens is 312 g/mol. The highest BCUT2D eigenvalue weighted by Gasteiger charge is 2.22. The molecule has 2 aromatic rings. The zero-order valence-corrected chi connectivity index (χ0v) is 14.7. The monoisotopic (exact) mass is 334 g/mol. The van der Waals surface area contributed by atoms with Gasteiger partial charge in [-0.25, -0.2) is 9.78 Å². The average molecular weight is 335 g/mol. The van der Waals surface area contributed by atoms with Gasteiger partial charge in [-0.15, -0.1) is 0 Å². The molecular formula is C17H23ClN4O. The van der Waals surface area contributed by atoms with Crippen molar-refractivity contribution in [3.63, 3.8) is 0 Å². The number of urea groups is 1. The molecule has 124 valence electrons. The maximum absolute atomic E-state index is 12.3. The molecule has 0 aliphatic heterocycles. The topological polar surface area (TPSA) is 50.2 Å². The van der Waals surface area contributed by atoms with Crippen molar-refractivity contribution in [3.05, 3.63) is 53.1 Å². The van der Waals surface area contributed by atoms with E-state index >= 15 is 0 Å². The number of likely N-dealkylation sites (N-methyl/N-ethyl adjacent to an activating group) is 1. The zero-order chi connectivity index (χ0) is 17.0. The van der Waals surface area contributed by atoms with Crippen LogP contribution in [-0.2, 0) is 13.6 Å². The van der Waals surface area contributed by atoms with Crippen LogP contribution < -0.4 is 5.32 Å². The van der Waals surface area contributed by atoms with Gasteiger partial charge < -0.3 is 14.8 Å². The van der Waals surface area contributed by atoms with Gasteiger partial charge in [0.25, 0.3) is 0 Å². The van der Waals surface area contributed by atoms with Gasteiger partial charge in [0.2, 0.25) is 0 Å². The summed E-state index contributed by atoms with van der Waals surface area (Å²) < 4.78 is 1.89. The number of hydrogen-bond donors (Lipinski definition) is 1. The molecule has 0 aliphatic rings. The Labute approximate surface area is 142 Å². The van der Waals surface area contributed by atoms with E-state index < -0.39 is 0 Å². The fourth-order valence-corrected chi connectivity index (χ4v) is 2.54. The van der Waals surface area contributed by atoms with Crippen LogP contribution in [0.15, 0.2) is 36.7 Å². The molecule has 2 amide bonds. The molecule has 1 aromatic carbocycles. The summed E-state index contributed by atoms with van der Waals surface area (Å²) in [6, 6.07) is 7.70. The molecule has 1 N–H and O–H groups in total. The van der Waals surface area contributed by atoms with Crippen LogP contribution in [0.2, 0.25) is 5.02 Å². The summed E-state index contributed by atoms with van der Waals surface area (Å²) in [5.74, 6) is 1.03. The first-order chi connectivity index (χ1) is 10.9. The Morgan fingerprint density at radius 3 is 2.57 bits per heavy atom. The van der Waals surface area contributed by atoms with Crippen molar-refractivity contribution in [3.8, 4) is 0 Å². The van der Waals surface area contributed by atoms with Crippen LogP contribution in [0.1, 0.15) is 31.2 Å². The molecule has 2 atom stereocenters. The van der Waals surface area contributed by atoms with Crippen LogP contribution in [0.5, 0.6) is 0 Å². The molecule has 0 bridgehead atoms. The Morgan fingerprint density at radius 1 is 1.35 bits per heavy atom. The van der Waals surface area contributed by atoms with Crippen molar-refractivity contribution in [2.75, 3.05) is 7.05 Å². The normalized spacial score (nSPS) is 13.4. The van der Waals surface area contributed by atoms with Gasteiger partial charge in [-0.1, -0.05) is 30.7 Å². The fourth-order valence-electron chi connectivity index (χ4n) is 2.41. The van der Waals surface area contributed by atoms with E-state index in [0.29, 0.717) is 6.54 Å². The van der Waals surface area contributed by atoms with Gasteiger partial charge in [-0.2, -0.15) is 0 Å². The number of hydrogen-bond acceptors (Lipinski definition) is 2. The van der Waals surface area contributed by atoms with E-state index in [4.69, 9.17) is 11.6 Å². The smallest absolute Gasteiger partial charge is 0.317 e. The number of aromatic nitrogens is 2. The van der Waals surface area contributed by atoms with Gasteiger partial charge in [-0.05, 0) is 24.6 Å². The second-order valence-corrected chi connectivity index (χ2v) is 6.24. The lowest BCUT2D eigenvalue weighted by molar-refractivity contribution is 0.186. The minimum absolute atomic E-state index is 0.0533. The van der Waals surface area contributed by atoms with Crippen molar-refractivity contribution < 1.29 is 4.79 Å². The number of rotatable bonds is 5. The summed E-state index contributed by atoms with van der Waals surface area (Å²) in [6.07, 6.45) is 3.58. The van der Waals surface area contributed by atoms with E-state index in [1.165, 1.54) is 0 Å². The van der Waals surface area contributed by atoms with Gasteiger partial charge in [0, 0.05) is 43.5 Å². The molecule has 5 nitrogen and oxygen atoms in total. The lowest BCUT2D eigenvalue weighted by Crippen LogP contribution is -2.44. The lowest BCUT2D eigenvalue weighted by Gasteiger charge is -2.30. The minimum Gasteiger partial charge on any atom is -0.337 e. The van der Waals surface area contributed by atoms with Crippen molar-refractivity contribution in [2.24, 2.45) is 7.05 Å². The predicted octanol–water partition coefficient (Wildman–Crippen LogP) is 3.41. The first-order valence-electron chi connectivity index (χ1n) is 7.62. The lowest BCUT2D eigenvalue weighted by atomic mass is 9.94.